The first-order chi connectivity index (χ1) is 9.79. The van der Waals surface area contributed by atoms with E-state index in [1.54, 1.807) is 6.07 Å². The predicted octanol–water partition coefficient (Wildman–Crippen LogP) is 2.86. The van der Waals surface area contributed by atoms with Crippen LogP contribution in [-0.2, 0) is 19.4 Å². The molecule has 0 fully saturated rings. The Bertz CT molecular complexity index is 591. The van der Waals surface area contributed by atoms with Gasteiger partial charge in [0.2, 0.25) is 0 Å². The molecule has 0 saturated heterocycles. The molecule has 1 aliphatic rings. The number of nitrogens with zero attached hydrogens (tertiary/aromatic N) is 2. The Kier molecular flexibility index (Phi) is 3.83. The molecule has 1 heterocycles. The highest BCUT2D eigenvalue weighted by Gasteiger charge is 2.19. The van der Waals surface area contributed by atoms with E-state index in [1.807, 2.05) is 25.5 Å². The van der Waals surface area contributed by atoms with E-state index < -0.39 is 0 Å². The zero-order chi connectivity index (χ0) is 13.9. The van der Waals surface area contributed by atoms with Crippen LogP contribution < -0.4 is 5.32 Å². The number of halogens is 1. The van der Waals surface area contributed by atoms with Gasteiger partial charge in [-0.25, -0.2) is 9.37 Å². The van der Waals surface area contributed by atoms with Crippen molar-refractivity contribution in [3.8, 4) is 0 Å². The van der Waals surface area contributed by atoms with Crippen molar-refractivity contribution in [1.82, 2.24) is 14.9 Å². The second-order valence-electron chi connectivity index (χ2n) is 5.36. The number of rotatable bonds is 4. The Morgan fingerprint density at radius 3 is 2.90 bits per heavy atom. The molecule has 1 atom stereocenters. The summed E-state index contributed by atoms with van der Waals surface area (Å²) in [5.41, 5.74) is 3.26. The second kappa shape index (κ2) is 5.75. The van der Waals surface area contributed by atoms with Gasteiger partial charge in [-0.15, -0.1) is 0 Å². The molecule has 3 nitrogen and oxygen atoms in total. The van der Waals surface area contributed by atoms with Gasteiger partial charge in [0.1, 0.15) is 5.82 Å². The van der Waals surface area contributed by atoms with Crippen LogP contribution in [0.5, 0.6) is 0 Å². The zero-order valence-corrected chi connectivity index (χ0v) is 11.8. The van der Waals surface area contributed by atoms with Crippen molar-refractivity contribution in [2.45, 2.75) is 38.3 Å². The van der Waals surface area contributed by atoms with Crippen molar-refractivity contribution < 1.29 is 4.39 Å². The van der Waals surface area contributed by atoms with Gasteiger partial charge in [-0.05, 0) is 38.8 Å². The first-order valence-corrected chi connectivity index (χ1v) is 7.24. The third kappa shape index (κ3) is 2.48. The number of aromatic nitrogens is 2. The second-order valence-corrected chi connectivity index (χ2v) is 5.36. The van der Waals surface area contributed by atoms with Gasteiger partial charge < -0.3 is 9.88 Å². The highest BCUT2D eigenvalue weighted by Crippen LogP contribution is 2.23. The van der Waals surface area contributed by atoms with Crippen LogP contribution in [0.4, 0.5) is 4.39 Å². The predicted molar refractivity (Wildman–Crippen MR) is 77.1 cm³/mol. The summed E-state index contributed by atoms with van der Waals surface area (Å²) >= 11 is 0. The lowest BCUT2D eigenvalue weighted by Gasteiger charge is -2.21. The van der Waals surface area contributed by atoms with E-state index in [9.17, 15) is 4.39 Å². The molecule has 0 radical (unpaired) electrons. The fourth-order valence-corrected chi connectivity index (χ4v) is 2.99. The quantitative estimate of drug-likeness (QED) is 0.928. The summed E-state index contributed by atoms with van der Waals surface area (Å²) in [4.78, 5) is 4.50. The first-order valence-electron chi connectivity index (χ1n) is 7.24. The minimum atomic E-state index is -0.152. The molecule has 0 aliphatic heterocycles. The van der Waals surface area contributed by atoms with Crippen molar-refractivity contribution >= 4 is 0 Å². The maximum atomic E-state index is 13.9. The summed E-state index contributed by atoms with van der Waals surface area (Å²) in [5.74, 6) is -0.152. The van der Waals surface area contributed by atoms with Crippen LogP contribution in [0.2, 0.25) is 0 Å². The van der Waals surface area contributed by atoms with Gasteiger partial charge in [0.25, 0.3) is 0 Å². The van der Waals surface area contributed by atoms with Crippen molar-refractivity contribution in [3.05, 3.63) is 53.4 Å². The van der Waals surface area contributed by atoms with E-state index >= 15 is 0 Å². The van der Waals surface area contributed by atoms with Gasteiger partial charge in [-0.3, -0.25) is 0 Å². The molecule has 0 spiro atoms. The lowest BCUT2D eigenvalue weighted by molar-refractivity contribution is 0.462. The van der Waals surface area contributed by atoms with E-state index in [0.717, 1.165) is 19.4 Å². The summed E-state index contributed by atoms with van der Waals surface area (Å²) in [6, 6.07) is 6.94. The highest BCUT2D eigenvalue weighted by molar-refractivity contribution is 5.22. The molecule has 2 aromatic rings. The van der Waals surface area contributed by atoms with Crippen LogP contribution in [0, 0.1) is 5.82 Å². The van der Waals surface area contributed by atoms with Gasteiger partial charge in [-0.2, -0.15) is 0 Å². The monoisotopic (exact) mass is 273 g/mol. The molecule has 1 aromatic heterocycles. The van der Waals surface area contributed by atoms with Crippen LogP contribution in [-0.4, -0.2) is 16.6 Å². The first kappa shape index (κ1) is 13.3. The number of hydrogen-bond acceptors (Lipinski definition) is 2. The lowest BCUT2D eigenvalue weighted by Crippen LogP contribution is -2.24. The topological polar surface area (TPSA) is 29.9 Å². The van der Waals surface area contributed by atoms with Crippen molar-refractivity contribution in [1.29, 1.82) is 0 Å². The van der Waals surface area contributed by atoms with E-state index in [-0.39, 0.29) is 11.9 Å². The van der Waals surface area contributed by atoms with Crippen LogP contribution in [0.1, 0.15) is 35.8 Å². The molecule has 0 amide bonds. The normalized spacial score (nSPS) is 15.9. The van der Waals surface area contributed by atoms with Crippen LogP contribution in [0.3, 0.4) is 0 Å². The standard InChI is InChI=1S/C16H20FN3/c1-18-15(12-6-2-3-7-13(12)17)10-20-11-19-14-8-4-5-9-16(14)20/h2-3,6-7,11,15,18H,4-5,8-10H2,1H3. The molecule has 4 heteroatoms. The molecule has 0 saturated carbocycles. The average Bonchev–Trinajstić information content (AvgIpc) is 2.89. The lowest BCUT2D eigenvalue weighted by atomic mass is 10.0. The third-order valence-electron chi connectivity index (χ3n) is 4.12. The van der Waals surface area contributed by atoms with Crippen LogP contribution in [0.25, 0.3) is 0 Å². The fraction of sp³-hybridized carbons (Fsp3) is 0.438. The fourth-order valence-electron chi connectivity index (χ4n) is 2.99. The van der Waals surface area contributed by atoms with Gasteiger partial charge >= 0.3 is 0 Å². The maximum absolute atomic E-state index is 13.9. The molecule has 1 unspecified atom stereocenters. The van der Waals surface area contributed by atoms with Gasteiger partial charge in [-0.1, -0.05) is 18.2 Å². The van der Waals surface area contributed by atoms with Gasteiger partial charge in [0, 0.05) is 17.8 Å². The number of benzene rings is 1. The van der Waals surface area contributed by atoms with E-state index in [0.29, 0.717) is 5.56 Å². The SMILES string of the molecule is CNC(Cn1cnc2c1CCCC2)c1ccccc1F. The van der Waals surface area contributed by atoms with Crippen molar-refractivity contribution in [3.63, 3.8) is 0 Å². The molecule has 1 aromatic carbocycles. The molecule has 20 heavy (non-hydrogen) atoms. The van der Waals surface area contributed by atoms with Crippen LogP contribution >= 0.6 is 0 Å². The molecular formula is C16H20FN3. The van der Waals surface area contributed by atoms with Crippen LogP contribution in [0.15, 0.2) is 30.6 Å². The van der Waals surface area contributed by atoms with Crippen molar-refractivity contribution in [2.24, 2.45) is 0 Å². The minimum absolute atomic E-state index is 0.0311. The Morgan fingerprint density at radius 2 is 2.10 bits per heavy atom. The molecule has 106 valence electrons. The average molecular weight is 273 g/mol. The Hall–Kier alpha value is -1.68. The molecular weight excluding hydrogens is 253 g/mol. The van der Waals surface area contributed by atoms with Crippen molar-refractivity contribution in [2.75, 3.05) is 7.05 Å². The smallest absolute Gasteiger partial charge is 0.128 e. The van der Waals surface area contributed by atoms with Gasteiger partial charge in [0.05, 0.1) is 18.1 Å². The molecule has 1 aliphatic carbocycles. The number of fused-ring (bicyclic) bond motifs is 1. The minimum Gasteiger partial charge on any atom is -0.332 e. The van der Waals surface area contributed by atoms with Gasteiger partial charge in [0.15, 0.2) is 0 Å². The number of imidazole rings is 1. The number of aryl methyl sites for hydroxylation is 1. The number of nitrogens with one attached hydrogen (secondary N) is 1. The van der Waals surface area contributed by atoms with E-state index in [4.69, 9.17) is 0 Å². The highest BCUT2D eigenvalue weighted by atomic mass is 19.1. The maximum Gasteiger partial charge on any atom is 0.128 e. The largest absolute Gasteiger partial charge is 0.332 e. The summed E-state index contributed by atoms with van der Waals surface area (Å²) in [5, 5.41) is 3.22. The molecule has 0 bridgehead atoms. The Morgan fingerprint density at radius 1 is 1.30 bits per heavy atom. The summed E-state index contributed by atoms with van der Waals surface area (Å²) in [6.07, 6.45) is 6.52. The Balaban J connectivity index is 1.85. The summed E-state index contributed by atoms with van der Waals surface area (Å²) < 4.78 is 16.1. The Labute approximate surface area is 118 Å². The third-order valence-corrected chi connectivity index (χ3v) is 4.12. The van der Waals surface area contributed by atoms with E-state index in [1.165, 1.54) is 30.3 Å². The summed E-state index contributed by atoms with van der Waals surface area (Å²) in [6.45, 7) is 0.722. The number of likely N-dealkylation sites (N-methyl/N-ethyl adjacent to an activating group) is 1. The zero-order valence-electron chi connectivity index (χ0n) is 11.8. The summed E-state index contributed by atoms with van der Waals surface area (Å²) in [7, 11) is 1.88. The molecule has 1 N–H and O–H groups in total. The van der Waals surface area contributed by atoms with E-state index in [2.05, 4.69) is 14.9 Å². The number of hydrogen-bond donors (Lipinski definition) is 1. The molecule has 3 rings (SSSR count).